The molecule has 0 aliphatic carbocycles. The van der Waals surface area contributed by atoms with E-state index < -0.39 is 0 Å². The fourth-order valence-electron chi connectivity index (χ4n) is 1.83. The summed E-state index contributed by atoms with van der Waals surface area (Å²) in [4.78, 5) is 0. The van der Waals surface area contributed by atoms with E-state index in [0.717, 1.165) is 23.4 Å². The Bertz CT molecular complexity index is 659. The predicted octanol–water partition coefficient (Wildman–Crippen LogP) is 2.08. The quantitative estimate of drug-likeness (QED) is 0.773. The topological polar surface area (TPSA) is 68.8 Å². The van der Waals surface area contributed by atoms with Gasteiger partial charge in [-0.15, -0.1) is 10.2 Å². The zero-order valence-corrected chi connectivity index (χ0v) is 10.4. The molecular formula is C13H13N5O. The molecule has 0 saturated heterocycles. The highest BCUT2D eigenvalue weighted by Crippen LogP contribution is 2.20. The van der Waals surface area contributed by atoms with E-state index in [0.29, 0.717) is 5.89 Å². The SMILES string of the molecule is Cn1cc(CNc2cccc(-c3nnco3)c2)cn1. The summed E-state index contributed by atoms with van der Waals surface area (Å²) in [5.41, 5.74) is 3.03. The van der Waals surface area contributed by atoms with Crippen molar-refractivity contribution in [2.45, 2.75) is 6.54 Å². The molecule has 3 aromatic rings. The summed E-state index contributed by atoms with van der Waals surface area (Å²) in [5.74, 6) is 0.519. The Morgan fingerprint density at radius 1 is 1.37 bits per heavy atom. The molecule has 19 heavy (non-hydrogen) atoms. The van der Waals surface area contributed by atoms with E-state index in [-0.39, 0.29) is 0 Å². The third kappa shape index (κ3) is 2.62. The lowest BCUT2D eigenvalue weighted by molar-refractivity contribution is 0.568. The molecule has 1 N–H and O–H groups in total. The molecule has 6 nitrogen and oxygen atoms in total. The molecule has 0 aliphatic rings. The Balaban J connectivity index is 1.73. The number of anilines is 1. The van der Waals surface area contributed by atoms with Crippen LogP contribution in [-0.4, -0.2) is 20.0 Å². The number of nitrogens with zero attached hydrogens (tertiary/aromatic N) is 4. The molecule has 0 saturated carbocycles. The fourth-order valence-corrected chi connectivity index (χ4v) is 1.83. The second-order valence-electron chi connectivity index (χ2n) is 4.20. The van der Waals surface area contributed by atoms with E-state index in [4.69, 9.17) is 4.42 Å². The van der Waals surface area contributed by atoms with Crippen molar-refractivity contribution < 1.29 is 4.42 Å². The zero-order chi connectivity index (χ0) is 13.1. The molecule has 0 radical (unpaired) electrons. The lowest BCUT2D eigenvalue weighted by Gasteiger charge is -2.05. The molecule has 6 heteroatoms. The maximum absolute atomic E-state index is 5.18. The van der Waals surface area contributed by atoms with Crippen LogP contribution in [0.25, 0.3) is 11.5 Å². The number of rotatable bonds is 4. The van der Waals surface area contributed by atoms with Crippen LogP contribution in [0.3, 0.4) is 0 Å². The molecule has 0 atom stereocenters. The van der Waals surface area contributed by atoms with Crippen molar-refractivity contribution in [1.29, 1.82) is 0 Å². The number of hydrogen-bond donors (Lipinski definition) is 1. The van der Waals surface area contributed by atoms with Crippen LogP contribution in [0, 0.1) is 0 Å². The number of hydrogen-bond acceptors (Lipinski definition) is 5. The summed E-state index contributed by atoms with van der Waals surface area (Å²) in [7, 11) is 1.90. The number of aryl methyl sites for hydroxylation is 1. The van der Waals surface area contributed by atoms with Gasteiger partial charge < -0.3 is 9.73 Å². The highest BCUT2D eigenvalue weighted by Gasteiger charge is 2.04. The second-order valence-corrected chi connectivity index (χ2v) is 4.20. The largest absolute Gasteiger partial charge is 0.423 e. The minimum absolute atomic E-state index is 0.519. The first-order valence-corrected chi connectivity index (χ1v) is 5.89. The third-order valence-electron chi connectivity index (χ3n) is 2.72. The van der Waals surface area contributed by atoms with Crippen molar-refractivity contribution in [2.75, 3.05) is 5.32 Å². The van der Waals surface area contributed by atoms with Crippen LogP contribution < -0.4 is 5.32 Å². The monoisotopic (exact) mass is 255 g/mol. The van der Waals surface area contributed by atoms with Crippen molar-refractivity contribution in [1.82, 2.24) is 20.0 Å². The lowest BCUT2D eigenvalue weighted by atomic mass is 10.2. The standard InChI is InChI=1S/C13H13N5O/c1-18-8-10(7-16-18)6-14-12-4-2-3-11(5-12)13-17-15-9-19-13/h2-5,7-9,14H,6H2,1H3. The van der Waals surface area contributed by atoms with Crippen LogP contribution >= 0.6 is 0 Å². The van der Waals surface area contributed by atoms with Gasteiger partial charge in [0.2, 0.25) is 12.3 Å². The van der Waals surface area contributed by atoms with E-state index in [1.54, 1.807) is 4.68 Å². The predicted molar refractivity (Wildman–Crippen MR) is 70.3 cm³/mol. The van der Waals surface area contributed by atoms with Gasteiger partial charge in [0, 0.05) is 36.6 Å². The number of aromatic nitrogens is 4. The highest BCUT2D eigenvalue weighted by atomic mass is 16.4. The van der Waals surface area contributed by atoms with E-state index in [9.17, 15) is 0 Å². The summed E-state index contributed by atoms with van der Waals surface area (Å²) in [6.45, 7) is 0.723. The fraction of sp³-hybridized carbons (Fsp3) is 0.154. The summed E-state index contributed by atoms with van der Waals surface area (Å²) >= 11 is 0. The van der Waals surface area contributed by atoms with Crippen molar-refractivity contribution in [3.05, 3.63) is 48.6 Å². The molecule has 0 fully saturated rings. The molecule has 96 valence electrons. The maximum atomic E-state index is 5.18. The second kappa shape index (κ2) is 4.93. The van der Waals surface area contributed by atoms with Gasteiger partial charge in [0.25, 0.3) is 0 Å². The van der Waals surface area contributed by atoms with E-state index in [2.05, 4.69) is 20.6 Å². The van der Waals surface area contributed by atoms with Gasteiger partial charge in [0.15, 0.2) is 0 Å². The lowest BCUT2D eigenvalue weighted by Crippen LogP contribution is -1.98. The van der Waals surface area contributed by atoms with Gasteiger partial charge in [-0.2, -0.15) is 5.10 Å². The van der Waals surface area contributed by atoms with Crippen LogP contribution in [0.5, 0.6) is 0 Å². The maximum Gasteiger partial charge on any atom is 0.247 e. The van der Waals surface area contributed by atoms with Gasteiger partial charge >= 0.3 is 0 Å². The highest BCUT2D eigenvalue weighted by molar-refractivity contribution is 5.60. The minimum Gasteiger partial charge on any atom is -0.423 e. The molecule has 0 bridgehead atoms. The molecular weight excluding hydrogens is 242 g/mol. The van der Waals surface area contributed by atoms with Crippen molar-refractivity contribution in [3.63, 3.8) is 0 Å². The summed E-state index contributed by atoms with van der Waals surface area (Å²) in [6, 6.07) is 7.86. The van der Waals surface area contributed by atoms with Gasteiger partial charge in [-0.05, 0) is 18.2 Å². The zero-order valence-electron chi connectivity index (χ0n) is 10.4. The van der Waals surface area contributed by atoms with E-state index in [1.807, 2.05) is 43.7 Å². The number of nitrogens with one attached hydrogen (secondary N) is 1. The van der Waals surface area contributed by atoms with Crippen LogP contribution in [0.2, 0.25) is 0 Å². The van der Waals surface area contributed by atoms with Crippen molar-refractivity contribution in [2.24, 2.45) is 7.05 Å². The normalized spacial score (nSPS) is 10.6. The molecule has 3 rings (SSSR count). The molecule has 0 aliphatic heterocycles. The molecule has 0 amide bonds. The molecule has 0 unspecified atom stereocenters. The molecule has 1 aromatic carbocycles. The Labute approximate surface area is 110 Å². The summed E-state index contributed by atoms with van der Waals surface area (Å²) in [5, 5.41) is 15.0. The van der Waals surface area contributed by atoms with Crippen LogP contribution in [0.15, 0.2) is 47.5 Å². The van der Waals surface area contributed by atoms with Crippen LogP contribution in [0.1, 0.15) is 5.56 Å². The summed E-state index contributed by atoms with van der Waals surface area (Å²) < 4.78 is 6.96. The average Bonchev–Trinajstić information content (AvgIpc) is 3.08. The number of benzene rings is 1. The molecule has 2 aromatic heterocycles. The Kier molecular flexibility index (Phi) is 2.97. The van der Waals surface area contributed by atoms with Gasteiger partial charge in [-0.1, -0.05) is 6.07 Å². The Morgan fingerprint density at radius 2 is 2.32 bits per heavy atom. The third-order valence-corrected chi connectivity index (χ3v) is 2.72. The Hall–Kier alpha value is -2.63. The van der Waals surface area contributed by atoms with E-state index in [1.165, 1.54) is 6.39 Å². The van der Waals surface area contributed by atoms with Crippen LogP contribution in [-0.2, 0) is 13.6 Å². The first-order valence-electron chi connectivity index (χ1n) is 5.89. The van der Waals surface area contributed by atoms with Crippen LogP contribution in [0.4, 0.5) is 5.69 Å². The first kappa shape index (κ1) is 11.5. The minimum atomic E-state index is 0.519. The van der Waals surface area contributed by atoms with Gasteiger partial charge in [0.1, 0.15) is 0 Å². The smallest absolute Gasteiger partial charge is 0.247 e. The van der Waals surface area contributed by atoms with Gasteiger partial charge in [-0.25, -0.2) is 0 Å². The Morgan fingerprint density at radius 3 is 3.05 bits per heavy atom. The summed E-state index contributed by atoms with van der Waals surface area (Å²) in [6.07, 6.45) is 5.15. The average molecular weight is 255 g/mol. The van der Waals surface area contributed by atoms with Gasteiger partial charge in [-0.3, -0.25) is 4.68 Å². The van der Waals surface area contributed by atoms with Crippen molar-refractivity contribution >= 4 is 5.69 Å². The molecule has 0 spiro atoms. The molecule has 2 heterocycles. The van der Waals surface area contributed by atoms with E-state index >= 15 is 0 Å². The van der Waals surface area contributed by atoms with Crippen molar-refractivity contribution in [3.8, 4) is 11.5 Å². The first-order chi connectivity index (χ1) is 9.31. The van der Waals surface area contributed by atoms with Gasteiger partial charge in [0.05, 0.1) is 6.20 Å².